The van der Waals surface area contributed by atoms with Gasteiger partial charge in [-0.1, -0.05) is 0 Å². The van der Waals surface area contributed by atoms with E-state index in [-0.39, 0.29) is 0 Å². The zero-order valence-electron chi connectivity index (χ0n) is 9.02. The van der Waals surface area contributed by atoms with Gasteiger partial charge in [0, 0.05) is 19.1 Å². The Labute approximate surface area is 90.2 Å². The molecule has 1 atom stereocenters. The minimum atomic E-state index is -0.655. The van der Waals surface area contributed by atoms with E-state index in [1.54, 1.807) is 0 Å². The number of hydrogen-bond donors (Lipinski definition) is 1. The van der Waals surface area contributed by atoms with E-state index in [1.807, 2.05) is 0 Å². The van der Waals surface area contributed by atoms with Crippen LogP contribution in [0.3, 0.4) is 0 Å². The Morgan fingerprint density at radius 3 is 2.60 bits per heavy atom. The zero-order chi connectivity index (χ0) is 10.7. The van der Waals surface area contributed by atoms with Crippen molar-refractivity contribution in [3.8, 4) is 0 Å². The van der Waals surface area contributed by atoms with Crippen molar-refractivity contribution >= 4 is 5.97 Å². The van der Waals surface area contributed by atoms with Crippen LogP contribution in [-0.4, -0.2) is 48.3 Å². The highest BCUT2D eigenvalue weighted by atomic mass is 16.5. The number of ether oxygens (including phenoxy) is 1. The van der Waals surface area contributed by atoms with Crippen LogP contribution in [0, 0.1) is 5.92 Å². The number of rotatable bonds is 3. The molecule has 4 heteroatoms. The lowest BCUT2D eigenvalue weighted by Crippen LogP contribution is -2.42. The third kappa shape index (κ3) is 2.92. The summed E-state index contributed by atoms with van der Waals surface area (Å²) in [6, 6.07) is 0.593. The summed E-state index contributed by atoms with van der Waals surface area (Å²) >= 11 is 0. The lowest BCUT2D eigenvalue weighted by Gasteiger charge is -2.34. The first kappa shape index (κ1) is 10.9. The van der Waals surface area contributed by atoms with Gasteiger partial charge < -0.3 is 9.84 Å². The molecule has 0 aromatic rings. The summed E-state index contributed by atoms with van der Waals surface area (Å²) in [5.74, 6) is -0.265. The molecule has 2 fully saturated rings. The van der Waals surface area contributed by atoms with Crippen molar-refractivity contribution in [3.05, 3.63) is 0 Å². The van der Waals surface area contributed by atoms with E-state index >= 15 is 0 Å². The lowest BCUT2D eigenvalue weighted by atomic mass is 9.93. The van der Waals surface area contributed by atoms with Crippen LogP contribution in [0.25, 0.3) is 0 Å². The Bertz CT molecular complexity index is 218. The van der Waals surface area contributed by atoms with Crippen LogP contribution in [0.1, 0.15) is 25.7 Å². The van der Waals surface area contributed by atoms with Gasteiger partial charge in [-0.15, -0.1) is 0 Å². The Kier molecular flexibility index (Phi) is 3.59. The monoisotopic (exact) mass is 213 g/mol. The molecule has 86 valence electrons. The van der Waals surface area contributed by atoms with E-state index in [0.29, 0.717) is 18.4 Å². The highest BCUT2D eigenvalue weighted by Gasteiger charge is 2.28. The quantitative estimate of drug-likeness (QED) is 0.758. The summed E-state index contributed by atoms with van der Waals surface area (Å²) in [4.78, 5) is 13.0. The Morgan fingerprint density at radius 1 is 1.33 bits per heavy atom. The van der Waals surface area contributed by atoms with Gasteiger partial charge in [0.25, 0.3) is 0 Å². The molecule has 2 aliphatic heterocycles. The van der Waals surface area contributed by atoms with Crippen LogP contribution in [0.2, 0.25) is 0 Å². The average Bonchev–Trinajstić information content (AvgIpc) is 2.71. The molecule has 0 spiro atoms. The van der Waals surface area contributed by atoms with Crippen molar-refractivity contribution < 1.29 is 14.6 Å². The Morgan fingerprint density at radius 2 is 2.07 bits per heavy atom. The molecule has 1 N–H and O–H groups in total. The molecule has 0 aromatic carbocycles. The Hall–Kier alpha value is -0.610. The van der Waals surface area contributed by atoms with Crippen molar-refractivity contribution in [2.24, 2.45) is 5.92 Å². The van der Waals surface area contributed by atoms with Crippen LogP contribution in [0.5, 0.6) is 0 Å². The number of hydrogen-bond acceptors (Lipinski definition) is 3. The van der Waals surface area contributed by atoms with Gasteiger partial charge in [-0.2, -0.15) is 0 Å². The fourth-order valence-electron chi connectivity index (χ4n) is 2.58. The van der Waals surface area contributed by atoms with Gasteiger partial charge in [-0.3, -0.25) is 9.69 Å². The largest absolute Gasteiger partial charge is 0.481 e. The predicted molar refractivity (Wildman–Crippen MR) is 55.8 cm³/mol. The van der Waals surface area contributed by atoms with Crippen molar-refractivity contribution in [3.63, 3.8) is 0 Å². The van der Waals surface area contributed by atoms with Crippen molar-refractivity contribution in [1.29, 1.82) is 0 Å². The molecule has 0 radical (unpaired) electrons. The number of nitrogens with zero attached hydrogens (tertiary/aromatic N) is 1. The predicted octanol–water partition coefficient (Wildman–Crippen LogP) is 0.962. The summed E-state index contributed by atoms with van der Waals surface area (Å²) < 4.78 is 5.37. The molecule has 0 amide bonds. The van der Waals surface area contributed by atoms with Crippen LogP contribution >= 0.6 is 0 Å². The van der Waals surface area contributed by atoms with E-state index in [2.05, 4.69) is 4.90 Å². The molecule has 2 saturated heterocycles. The fourth-order valence-corrected chi connectivity index (χ4v) is 2.58. The number of carboxylic acids is 1. The number of piperidine rings is 1. The van der Waals surface area contributed by atoms with E-state index in [1.165, 1.54) is 0 Å². The number of aliphatic carboxylic acids is 1. The molecule has 2 rings (SSSR count). The lowest BCUT2D eigenvalue weighted by molar-refractivity contribution is -0.138. The molecule has 0 bridgehead atoms. The summed E-state index contributed by atoms with van der Waals surface area (Å²) in [7, 11) is 0. The zero-order valence-corrected chi connectivity index (χ0v) is 9.02. The molecule has 4 nitrogen and oxygen atoms in total. The molecule has 2 aliphatic rings. The molecule has 15 heavy (non-hydrogen) atoms. The molecule has 0 saturated carbocycles. The van der Waals surface area contributed by atoms with Crippen molar-refractivity contribution in [1.82, 2.24) is 4.90 Å². The average molecular weight is 213 g/mol. The van der Waals surface area contributed by atoms with Crippen LogP contribution < -0.4 is 0 Å². The first-order chi connectivity index (χ1) is 7.25. The summed E-state index contributed by atoms with van der Waals surface area (Å²) in [6.45, 7) is 3.85. The van der Waals surface area contributed by atoms with Crippen molar-refractivity contribution in [2.45, 2.75) is 31.7 Å². The summed E-state index contributed by atoms with van der Waals surface area (Å²) in [6.07, 6.45) is 3.55. The first-order valence-corrected chi connectivity index (χ1v) is 5.79. The van der Waals surface area contributed by atoms with Gasteiger partial charge in [0.05, 0.1) is 6.61 Å². The van der Waals surface area contributed by atoms with Gasteiger partial charge in [0.2, 0.25) is 0 Å². The van der Waals surface area contributed by atoms with Gasteiger partial charge in [0.1, 0.15) is 0 Å². The van der Waals surface area contributed by atoms with Crippen LogP contribution in [-0.2, 0) is 9.53 Å². The third-order valence-corrected chi connectivity index (χ3v) is 3.53. The molecule has 1 unspecified atom stereocenters. The maximum absolute atomic E-state index is 10.6. The fraction of sp³-hybridized carbons (Fsp3) is 0.909. The second-order valence-electron chi connectivity index (χ2n) is 4.59. The normalized spacial score (nSPS) is 29.5. The van der Waals surface area contributed by atoms with Crippen LogP contribution in [0.4, 0.5) is 0 Å². The second-order valence-corrected chi connectivity index (χ2v) is 4.59. The maximum Gasteiger partial charge on any atom is 0.303 e. The van der Waals surface area contributed by atoms with E-state index in [4.69, 9.17) is 9.84 Å². The smallest absolute Gasteiger partial charge is 0.303 e. The van der Waals surface area contributed by atoms with Gasteiger partial charge >= 0.3 is 5.97 Å². The van der Waals surface area contributed by atoms with Crippen molar-refractivity contribution in [2.75, 3.05) is 26.3 Å². The summed E-state index contributed by atoms with van der Waals surface area (Å²) in [5, 5.41) is 8.71. The van der Waals surface area contributed by atoms with Gasteiger partial charge in [-0.25, -0.2) is 0 Å². The summed E-state index contributed by atoms with van der Waals surface area (Å²) in [5.41, 5.74) is 0. The second kappa shape index (κ2) is 4.94. The first-order valence-electron chi connectivity index (χ1n) is 5.79. The van der Waals surface area contributed by atoms with E-state index in [9.17, 15) is 4.79 Å². The van der Waals surface area contributed by atoms with Gasteiger partial charge in [-0.05, 0) is 38.3 Å². The van der Waals surface area contributed by atoms with Gasteiger partial charge in [0.15, 0.2) is 0 Å². The van der Waals surface area contributed by atoms with E-state index < -0.39 is 5.97 Å². The Balaban J connectivity index is 1.73. The highest BCUT2D eigenvalue weighted by Crippen LogP contribution is 2.24. The minimum Gasteiger partial charge on any atom is -0.481 e. The van der Waals surface area contributed by atoms with Crippen LogP contribution in [0.15, 0.2) is 0 Å². The molecule has 0 aromatic heterocycles. The molecular formula is C11H19NO3. The molecular weight excluding hydrogens is 194 g/mol. The number of carboxylic acid groups (broad SMARTS) is 1. The molecule has 2 heterocycles. The number of likely N-dealkylation sites (tertiary alicyclic amines) is 1. The maximum atomic E-state index is 10.6. The van der Waals surface area contributed by atoms with E-state index in [0.717, 1.165) is 45.6 Å². The third-order valence-electron chi connectivity index (χ3n) is 3.53. The number of carbonyl (C=O) groups is 1. The highest BCUT2D eigenvalue weighted by molar-refractivity contribution is 5.67. The molecule has 0 aliphatic carbocycles. The minimum absolute atomic E-state index is 0.342. The standard InChI is InChI=1S/C11H19NO3/c13-11(14)7-9-1-4-12(5-2-9)10-3-6-15-8-10/h9-10H,1-8H2,(H,13,14). The topological polar surface area (TPSA) is 49.8 Å². The SMILES string of the molecule is O=C(O)CC1CCN(C2CCOC2)CC1.